The number of nitrogens with one attached hydrogen (secondary N) is 3. The van der Waals surface area contributed by atoms with Gasteiger partial charge in [-0.25, -0.2) is 22.6 Å². The topological polar surface area (TPSA) is 193 Å². The predicted molar refractivity (Wildman–Crippen MR) is 183 cm³/mol. The van der Waals surface area contributed by atoms with Crippen molar-refractivity contribution in [2.75, 3.05) is 20.3 Å². The van der Waals surface area contributed by atoms with Crippen molar-refractivity contribution in [3.05, 3.63) is 42.6 Å². The van der Waals surface area contributed by atoms with Gasteiger partial charge in [0.05, 0.1) is 13.7 Å². The molecule has 7 atom stereocenters. The summed E-state index contributed by atoms with van der Waals surface area (Å²) in [7, 11) is -2.83. The molecule has 4 aliphatic rings. The summed E-state index contributed by atoms with van der Waals surface area (Å²) >= 11 is 0. The summed E-state index contributed by atoms with van der Waals surface area (Å²) in [6, 6.07) is 4.74. The number of pyridine rings is 1. The van der Waals surface area contributed by atoms with Crippen LogP contribution < -0.4 is 24.8 Å². The number of carboxylic acid groups (broad SMARTS) is 1. The second-order valence-electron chi connectivity index (χ2n) is 14.5. The highest BCUT2D eigenvalue weighted by Crippen LogP contribution is 2.48. The monoisotopic (exact) mass is 729 g/mol. The van der Waals surface area contributed by atoms with Crippen LogP contribution in [0.1, 0.15) is 58.8 Å². The van der Waals surface area contributed by atoms with Gasteiger partial charge < -0.3 is 30.1 Å². The van der Waals surface area contributed by atoms with Crippen LogP contribution in [0.15, 0.2) is 42.6 Å². The number of aromatic nitrogens is 1. The Bertz CT molecular complexity index is 1850. The number of carbonyl (C=O) groups is 4. The van der Waals surface area contributed by atoms with E-state index >= 15 is 0 Å². The molecule has 0 unspecified atom stereocenters. The summed E-state index contributed by atoms with van der Waals surface area (Å²) < 4.78 is 51.9. The third-order valence-corrected chi connectivity index (χ3v) is 12.9. The number of rotatable bonds is 8. The highest BCUT2D eigenvalue weighted by Gasteiger charge is 2.64. The maximum absolute atomic E-state index is 14.3. The summed E-state index contributed by atoms with van der Waals surface area (Å²) in [6.45, 7) is 2.56. The van der Waals surface area contributed by atoms with Crippen molar-refractivity contribution in [3.63, 3.8) is 0 Å². The van der Waals surface area contributed by atoms with Gasteiger partial charge in [-0.15, -0.1) is 0 Å². The molecule has 1 aromatic heterocycles. The zero-order valence-corrected chi connectivity index (χ0v) is 29.6. The summed E-state index contributed by atoms with van der Waals surface area (Å²) in [5, 5.41) is 16.3. The standard InChI is InChI=1S/C35H44FN5O9S/c1-20-6-4-5-7-23-17-35(23,32(44)40-51(47,48)34(19-36)11-12-34)39-29(42)27-16-25(18-41(27)31(43)28(21(2)14-20)38-33(45)46)50-30-26-9-8-24(49-3)15-22(26)10-13-37-30/h5,7-10,13,15,20-21,23,25,27-28,38H,4,6,11-12,14,16-19H2,1-3H3,(H,39,42)(H,40,44)(H,45,46)/b7-5-/t20-,21-,23-,25-,27+,28+,35-/m1/s1. The lowest BCUT2D eigenvalue weighted by Crippen LogP contribution is -2.59. The minimum Gasteiger partial charge on any atom is -0.497 e. The number of carbonyl (C=O) groups excluding carboxylic acids is 3. The average molecular weight is 730 g/mol. The number of halogens is 1. The lowest BCUT2D eigenvalue weighted by atomic mass is 9.88. The number of hydrogen-bond acceptors (Lipinski definition) is 9. The molecule has 0 bridgehead atoms. The van der Waals surface area contributed by atoms with Crippen molar-refractivity contribution >= 4 is 44.6 Å². The largest absolute Gasteiger partial charge is 0.497 e. The molecule has 51 heavy (non-hydrogen) atoms. The maximum Gasteiger partial charge on any atom is 0.405 e. The normalized spacial score (nSPS) is 31.2. The Morgan fingerprint density at radius 3 is 2.63 bits per heavy atom. The Labute approximate surface area is 295 Å². The van der Waals surface area contributed by atoms with Crippen LogP contribution in [0.5, 0.6) is 11.6 Å². The van der Waals surface area contributed by atoms with E-state index in [9.17, 15) is 37.1 Å². The second-order valence-corrected chi connectivity index (χ2v) is 16.5. The molecule has 276 valence electrons. The molecule has 1 aromatic carbocycles. The molecule has 6 rings (SSSR count). The van der Waals surface area contributed by atoms with Gasteiger partial charge >= 0.3 is 6.09 Å². The van der Waals surface area contributed by atoms with Gasteiger partial charge in [-0.2, -0.15) is 0 Å². The fourth-order valence-corrected chi connectivity index (χ4v) is 8.82. The molecular weight excluding hydrogens is 685 g/mol. The molecule has 4 amide bonds. The number of allylic oxidation sites excluding steroid dienone is 1. The van der Waals surface area contributed by atoms with Crippen molar-refractivity contribution in [2.45, 2.75) is 87.3 Å². The zero-order chi connectivity index (χ0) is 36.7. The molecule has 16 heteroatoms. The summed E-state index contributed by atoms with van der Waals surface area (Å²) in [5.74, 6) is -2.33. The molecule has 2 aliphatic carbocycles. The van der Waals surface area contributed by atoms with Crippen molar-refractivity contribution < 1.29 is 46.6 Å². The Kier molecular flexibility index (Phi) is 9.92. The SMILES string of the molecule is COc1ccc2c(O[C@@H]3C[C@H]4C(=O)N[C@]5(C(=O)NS(=O)(=O)C6(CF)CC6)C[C@H]5/C=C\CC[C@@H](C)C[C@@H](C)[C@H](NC(=O)O)C(=O)N4C3)nccc2c1. The number of ether oxygens (including phenoxy) is 2. The van der Waals surface area contributed by atoms with Gasteiger partial charge in [-0.1, -0.05) is 26.0 Å². The van der Waals surface area contributed by atoms with Gasteiger partial charge in [0, 0.05) is 23.9 Å². The predicted octanol–water partition coefficient (Wildman–Crippen LogP) is 3.06. The fourth-order valence-electron chi connectivity index (χ4n) is 7.39. The van der Waals surface area contributed by atoms with Gasteiger partial charge in [0.15, 0.2) is 0 Å². The molecule has 0 spiro atoms. The Morgan fingerprint density at radius 1 is 1.18 bits per heavy atom. The number of hydrogen-bond donors (Lipinski definition) is 4. The molecular formula is C35H44FN5O9S. The molecule has 14 nitrogen and oxygen atoms in total. The van der Waals surface area contributed by atoms with Gasteiger partial charge in [0.2, 0.25) is 27.7 Å². The highest BCUT2D eigenvalue weighted by atomic mass is 32.2. The van der Waals surface area contributed by atoms with Gasteiger partial charge in [-0.3, -0.25) is 19.1 Å². The van der Waals surface area contributed by atoms with Crippen LogP contribution in [-0.2, 0) is 24.4 Å². The molecule has 2 aromatic rings. The fraction of sp³-hybridized carbons (Fsp3) is 0.571. The summed E-state index contributed by atoms with van der Waals surface area (Å²) in [6.07, 6.45) is 5.11. The highest BCUT2D eigenvalue weighted by molar-refractivity contribution is 7.91. The van der Waals surface area contributed by atoms with Crippen LogP contribution in [0, 0.1) is 17.8 Å². The lowest BCUT2D eigenvalue weighted by molar-refractivity contribution is -0.142. The quantitative estimate of drug-likeness (QED) is 0.294. The van der Waals surface area contributed by atoms with E-state index in [0.29, 0.717) is 30.4 Å². The molecule has 0 radical (unpaired) electrons. The lowest BCUT2D eigenvalue weighted by Gasteiger charge is -2.32. The minimum absolute atomic E-state index is 0.0299. The first-order chi connectivity index (χ1) is 24.2. The van der Waals surface area contributed by atoms with Crippen LogP contribution in [0.25, 0.3) is 10.8 Å². The van der Waals surface area contributed by atoms with Crippen LogP contribution >= 0.6 is 0 Å². The van der Waals surface area contributed by atoms with Crippen LogP contribution in [0.3, 0.4) is 0 Å². The van der Waals surface area contributed by atoms with Crippen LogP contribution in [0.2, 0.25) is 0 Å². The van der Waals surface area contributed by atoms with E-state index in [0.717, 1.165) is 5.39 Å². The van der Waals surface area contributed by atoms with E-state index in [1.165, 1.54) is 4.90 Å². The van der Waals surface area contributed by atoms with Crippen molar-refractivity contribution in [1.82, 2.24) is 25.2 Å². The number of amides is 4. The number of alkyl halides is 1. The molecule has 4 N–H and O–H groups in total. The molecule has 3 fully saturated rings. The van der Waals surface area contributed by atoms with Gasteiger partial charge in [0.25, 0.3) is 5.91 Å². The number of benzene rings is 1. The van der Waals surface area contributed by atoms with E-state index in [2.05, 4.69) is 20.3 Å². The van der Waals surface area contributed by atoms with E-state index in [-0.39, 0.29) is 44.0 Å². The Morgan fingerprint density at radius 2 is 1.94 bits per heavy atom. The number of sulfonamides is 1. The van der Waals surface area contributed by atoms with E-state index in [1.54, 1.807) is 44.5 Å². The first-order valence-corrected chi connectivity index (χ1v) is 18.7. The third-order valence-electron chi connectivity index (χ3n) is 10.8. The second kappa shape index (κ2) is 13.9. The maximum atomic E-state index is 14.3. The van der Waals surface area contributed by atoms with Crippen LogP contribution in [-0.4, -0.2) is 96.0 Å². The van der Waals surface area contributed by atoms with Crippen molar-refractivity contribution in [1.29, 1.82) is 0 Å². The number of nitrogens with zero attached hydrogens (tertiary/aromatic N) is 2. The molecule has 3 heterocycles. The summed E-state index contributed by atoms with van der Waals surface area (Å²) in [4.78, 5) is 59.9. The average Bonchev–Trinajstić information content (AvgIpc) is 3.99. The molecule has 2 aliphatic heterocycles. The van der Waals surface area contributed by atoms with E-state index in [4.69, 9.17) is 9.47 Å². The zero-order valence-electron chi connectivity index (χ0n) is 28.8. The minimum atomic E-state index is -4.38. The Balaban J connectivity index is 1.33. The van der Waals surface area contributed by atoms with Gasteiger partial charge in [0.1, 0.15) is 40.9 Å². The first kappa shape index (κ1) is 36.3. The smallest absolute Gasteiger partial charge is 0.405 e. The van der Waals surface area contributed by atoms with Crippen LogP contribution in [0.4, 0.5) is 9.18 Å². The molecule has 1 saturated heterocycles. The van der Waals surface area contributed by atoms with Crippen molar-refractivity contribution in [3.8, 4) is 11.6 Å². The van der Waals surface area contributed by atoms with Gasteiger partial charge in [-0.05, 0) is 80.0 Å². The van der Waals surface area contributed by atoms with Crippen molar-refractivity contribution in [2.24, 2.45) is 17.8 Å². The molecule has 2 saturated carbocycles. The van der Waals surface area contributed by atoms with E-state index < -0.39 is 80.8 Å². The Hall–Kier alpha value is -4.47. The number of fused-ring (bicyclic) bond motifs is 3. The van der Waals surface area contributed by atoms with E-state index in [1.807, 2.05) is 19.1 Å². The third kappa shape index (κ3) is 7.19. The first-order valence-electron chi connectivity index (χ1n) is 17.2. The number of methoxy groups -OCH3 is 1. The summed E-state index contributed by atoms with van der Waals surface area (Å²) in [5.41, 5.74) is -1.66.